The highest BCUT2D eigenvalue weighted by molar-refractivity contribution is 7.89. The summed E-state index contributed by atoms with van der Waals surface area (Å²) in [5.74, 6) is -0.741. The van der Waals surface area contributed by atoms with Gasteiger partial charge in [0.2, 0.25) is 10.0 Å². The van der Waals surface area contributed by atoms with Crippen molar-refractivity contribution in [1.29, 1.82) is 0 Å². The van der Waals surface area contributed by atoms with Gasteiger partial charge in [0, 0.05) is 11.7 Å². The summed E-state index contributed by atoms with van der Waals surface area (Å²) < 4.78 is 41.0. The summed E-state index contributed by atoms with van der Waals surface area (Å²) in [6, 6.07) is 2.35. The van der Waals surface area contributed by atoms with Crippen molar-refractivity contribution in [2.45, 2.75) is 63.8 Å². The van der Waals surface area contributed by atoms with Crippen molar-refractivity contribution >= 4 is 15.7 Å². The molecule has 1 rings (SSSR count). The molecule has 0 bridgehead atoms. The Kier molecular flexibility index (Phi) is 6.61. The molecule has 4 nitrogen and oxygen atoms in total. The van der Waals surface area contributed by atoms with Gasteiger partial charge in [-0.05, 0) is 38.0 Å². The van der Waals surface area contributed by atoms with E-state index in [9.17, 15) is 12.8 Å². The second-order valence-corrected chi connectivity index (χ2v) is 7.20. The number of unbranched alkanes of at least 4 members (excludes halogenated alkanes) is 3. The summed E-state index contributed by atoms with van der Waals surface area (Å²) in [5.41, 5.74) is 6.08. The van der Waals surface area contributed by atoms with E-state index >= 15 is 0 Å². The fourth-order valence-electron chi connectivity index (χ4n) is 2.22. The molecular weight excluding hydrogens is 291 g/mol. The summed E-state index contributed by atoms with van der Waals surface area (Å²) in [5, 5.41) is 0. The maximum Gasteiger partial charge on any atom is 0.243 e. The molecule has 1 aromatic rings. The van der Waals surface area contributed by atoms with Gasteiger partial charge in [-0.15, -0.1) is 0 Å². The van der Waals surface area contributed by atoms with Gasteiger partial charge < -0.3 is 5.73 Å². The Morgan fingerprint density at radius 3 is 2.57 bits per heavy atom. The Balaban J connectivity index is 2.78. The van der Waals surface area contributed by atoms with E-state index in [4.69, 9.17) is 5.73 Å². The standard InChI is InChI=1S/C15H25FN2O2S/c1-4-5-6-7-8-12(3)18-21(19,20)14-10-13(17)9-11(2)15(14)16/h9-10,12,18H,4-8,17H2,1-3H3. The first-order valence-corrected chi connectivity index (χ1v) is 8.84. The van der Waals surface area contributed by atoms with Crippen LogP contribution >= 0.6 is 0 Å². The van der Waals surface area contributed by atoms with Gasteiger partial charge in [-0.25, -0.2) is 17.5 Å². The number of rotatable bonds is 8. The average molecular weight is 316 g/mol. The Labute approximate surface area is 127 Å². The van der Waals surface area contributed by atoms with E-state index in [1.54, 1.807) is 6.92 Å². The Morgan fingerprint density at radius 1 is 1.29 bits per heavy atom. The molecule has 21 heavy (non-hydrogen) atoms. The van der Waals surface area contributed by atoms with Crippen LogP contribution in [0.15, 0.2) is 17.0 Å². The van der Waals surface area contributed by atoms with Crippen molar-refractivity contribution in [3.05, 3.63) is 23.5 Å². The molecule has 0 fully saturated rings. The number of aryl methyl sites for hydroxylation is 1. The molecule has 1 aromatic carbocycles. The first-order chi connectivity index (χ1) is 9.77. The van der Waals surface area contributed by atoms with Gasteiger partial charge in [0.25, 0.3) is 0 Å². The number of sulfonamides is 1. The first-order valence-electron chi connectivity index (χ1n) is 7.36. The lowest BCUT2D eigenvalue weighted by Gasteiger charge is -2.15. The van der Waals surface area contributed by atoms with Gasteiger partial charge in [0.1, 0.15) is 10.7 Å². The van der Waals surface area contributed by atoms with Gasteiger partial charge in [-0.1, -0.05) is 32.6 Å². The molecule has 0 spiro atoms. The SMILES string of the molecule is CCCCCCC(C)NS(=O)(=O)c1cc(N)cc(C)c1F. The molecule has 120 valence electrons. The fraction of sp³-hybridized carbons (Fsp3) is 0.600. The largest absolute Gasteiger partial charge is 0.399 e. The Hall–Kier alpha value is -1.14. The zero-order valence-electron chi connectivity index (χ0n) is 12.9. The van der Waals surface area contributed by atoms with E-state index in [1.165, 1.54) is 13.0 Å². The molecule has 1 atom stereocenters. The van der Waals surface area contributed by atoms with Crippen LogP contribution in [0.5, 0.6) is 0 Å². The molecule has 0 amide bonds. The third-order valence-electron chi connectivity index (χ3n) is 3.38. The van der Waals surface area contributed by atoms with Crippen molar-refractivity contribution < 1.29 is 12.8 Å². The average Bonchev–Trinajstić information content (AvgIpc) is 2.38. The van der Waals surface area contributed by atoms with Gasteiger partial charge in [-0.2, -0.15) is 0 Å². The normalized spacial score (nSPS) is 13.3. The van der Waals surface area contributed by atoms with E-state index in [0.29, 0.717) is 0 Å². The third kappa shape index (κ3) is 5.28. The lowest BCUT2D eigenvalue weighted by Crippen LogP contribution is -2.33. The summed E-state index contributed by atoms with van der Waals surface area (Å²) in [6.45, 7) is 5.41. The monoisotopic (exact) mass is 316 g/mol. The van der Waals surface area contributed by atoms with Crippen molar-refractivity contribution in [2.75, 3.05) is 5.73 Å². The van der Waals surface area contributed by atoms with Crippen LogP contribution in [0.1, 0.15) is 51.5 Å². The van der Waals surface area contributed by atoms with Gasteiger partial charge in [0.05, 0.1) is 0 Å². The minimum atomic E-state index is -3.88. The zero-order valence-corrected chi connectivity index (χ0v) is 13.8. The summed E-state index contributed by atoms with van der Waals surface area (Å²) in [6.07, 6.45) is 5.04. The highest BCUT2D eigenvalue weighted by Gasteiger charge is 2.22. The zero-order chi connectivity index (χ0) is 16.0. The molecule has 3 N–H and O–H groups in total. The fourth-order valence-corrected chi connectivity index (χ4v) is 3.69. The molecule has 0 radical (unpaired) electrons. The number of halogens is 1. The van der Waals surface area contributed by atoms with Gasteiger partial charge >= 0.3 is 0 Å². The lowest BCUT2D eigenvalue weighted by molar-refractivity contribution is 0.514. The van der Waals surface area contributed by atoms with Crippen LogP contribution in [0.2, 0.25) is 0 Å². The Bertz CT molecular complexity index is 573. The number of anilines is 1. The first kappa shape index (κ1) is 17.9. The molecule has 0 saturated heterocycles. The van der Waals surface area contributed by atoms with Crippen LogP contribution in [-0.2, 0) is 10.0 Å². The van der Waals surface area contributed by atoms with E-state index in [1.807, 2.05) is 0 Å². The number of benzene rings is 1. The number of nitrogens with one attached hydrogen (secondary N) is 1. The molecule has 0 aliphatic heterocycles. The lowest BCUT2D eigenvalue weighted by atomic mass is 10.1. The van der Waals surface area contributed by atoms with Crippen molar-refractivity contribution in [3.8, 4) is 0 Å². The minimum absolute atomic E-state index is 0.228. The van der Waals surface area contributed by atoms with E-state index in [-0.39, 0.29) is 22.2 Å². The quantitative estimate of drug-likeness (QED) is 0.570. The van der Waals surface area contributed by atoms with Crippen LogP contribution in [-0.4, -0.2) is 14.5 Å². The third-order valence-corrected chi connectivity index (χ3v) is 4.97. The van der Waals surface area contributed by atoms with Crippen LogP contribution < -0.4 is 10.5 Å². The molecule has 0 aliphatic carbocycles. The molecule has 0 aromatic heterocycles. The van der Waals surface area contributed by atoms with Crippen LogP contribution in [0.3, 0.4) is 0 Å². The topological polar surface area (TPSA) is 72.2 Å². The maximum atomic E-state index is 14.0. The number of nitrogen functional groups attached to an aromatic ring is 1. The smallest absolute Gasteiger partial charge is 0.243 e. The van der Waals surface area contributed by atoms with E-state index < -0.39 is 15.8 Å². The predicted octanol–water partition coefficient (Wildman–Crippen LogP) is 3.35. The molecule has 0 heterocycles. The molecule has 0 saturated carbocycles. The van der Waals surface area contributed by atoms with Crippen molar-refractivity contribution in [1.82, 2.24) is 4.72 Å². The van der Waals surface area contributed by atoms with Crippen molar-refractivity contribution in [3.63, 3.8) is 0 Å². The molecule has 0 aliphatic rings. The summed E-state index contributed by atoms with van der Waals surface area (Å²) in [7, 11) is -3.88. The maximum absolute atomic E-state index is 14.0. The number of hydrogen-bond donors (Lipinski definition) is 2. The number of hydrogen-bond acceptors (Lipinski definition) is 3. The highest BCUT2D eigenvalue weighted by atomic mass is 32.2. The second-order valence-electron chi connectivity index (χ2n) is 5.52. The van der Waals surface area contributed by atoms with E-state index in [0.717, 1.165) is 38.2 Å². The second kappa shape index (κ2) is 7.75. The summed E-state index contributed by atoms with van der Waals surface area (Å²) in [4.78, 5) is -0.375. The van der Waals surface area contributed by atoms with Gasteiger partial charge in [-0.3, -0.25) is 0 Å². The van der Waals surface area contributed by atoms with Gasteiger partial charge in [0.15, 0.2) is 0 Å². The van der Waals surface area contributed by atoms with Crippen LogP contribution in [0.25, 0.3) is 0 Å². The molecule has 6 heteroatoms. The highest BCUT2D eigenvalue weighted by Crippen LogP contribution is 2.22. The predicted molar refractivity (Wildman–Crippen MR) is 84.1 cm³/mol. The molecule has 1 unspecified atom stereocenters. The molecular formula is C15H25FN2O2S. The van der Waals surface area contributed by atoms with Crippen LogP contribution in [0, 0.1) is 12.7 Å². The van der Waals surface area contributed by atoms with Crippen molar-refractivity contribution in [2.24, 2.45) is 0 Å². The number of nitrogens with two attached hydrogens (primary N) is 1. The Morgan fingerprint density at radius 2 is 1.95 bits per heavy atom. The summed E-state index contributed by atoms with van der Waals surface area (Å²) >= 11 is 0. The van der Waals surface area contributed by atoms with E-state index in [2.05, 4.69) is 11.6 Å². The van der Waals surface area contributed by atoms with Crippen LogP contribution in [0.4, 0.5) is 10.1 Å². The minimum Gasteiger partial charge on any atom is -0.399 e.